The predicted molar refractivity (Wildman–Crippen MR) is 50.4 cm³/mol. The Bertz CT molecular complexity index is 270. The number of amides is 1. The minimum atomic E-state index is -0.451. The molecular formula is C9H15N3O. The van der Waals surface area contributed by atoms with Crippen molar-refractivity contribution in [2.45, 2.75) is 44.7 Å². The van der Waals surface area contributed by atoms with Crippen molar-refractivity contribution >= 4 is 11.9 Å². The van der Waals surface area contributed by atoms with E-state index in [1.165, 1.54) is 0 Å². The van der Waals surface area contributed by atoms with Crippen LogP contribution in [0.25, 0.3) is 0 Å². The Balaban J connectivity index is 2.09. The van der Waals surface area contributed by atoms with Crippen molar-refractivity contribution < 1.29 is 4.79 Å². The highest BCUT2D eigenvalue weighted by atomic mass is 16.2. The van der Waals surface area contributed by atoms with E-state index in [0.29, 0.717) is 12.0 Å². The molecular weight excluding hydrogens is 166 g/mol. The smallest absolute Gasteiger partial charge is 0.252 e. The van der Waals surface area contributed by atoms with E-state index < -0.39 is 5.54 Å². The van der Waals surface area contributed by atoms with Gasteiger partial charge in [0.25, 0.3) is 5.91 Å². The van der Waals surface area contributed by atoms with Gasteiger partial charge < -0.3 is 5.32 Å². The molecule has 1 aliphatic heterocycles. The molecule has 2 aliphatic rings. The van der Waals surface area contributed by atoms with E-state index in [2.05, 4.69) is 15.6 Å². The average Bonchev–Trinajstić information content (AvgIpc) is 2.82. The number of hydrogen-bond donors (Lipinski definition) is 2. The fraction of sp³-hybridized carbons (Fsp3) is 0.778. The largest absolute Gasteiger partial charge is 0.342 e. The number of guanidine groups is 1. The summed E-state index contributed by atoms with van der Waals surface area (Å²) in [5.41, 5.74) is -0.451. The Labute approximate surface area is 77.8 Å². The van der Waals surface area contributed by atoms with Crippen molar-refractivity contribution in [1.29, 1.82) is 0 Å². The first-order valence-electron chi connectivity index (χ1n) is 4.81. The van der Waals surface area contributed by atoms with E-state index >= 15 is 0 Å². The Morgan fingerprint density at radius 1 is 1.62 bits per heavy atom. The molecule has 2 rings (SSSR count). The van der Waals surface area contributed by atoms with Crippen LogP contribution in [0.1, 0.15) is 33.1 Å². The SMILES string of the molecule is CCC1(C)NC(=NC2CC2)NC1=O. The summed E-state index contributed by atoms with van der Waals surface area (Å²) in [6.07, 6.45) is 3.09. The number of rotatable bonds is 2. The van der Waals surface area contributed by atoms with Crippen LogP contribution in [0.2, 0.25) is 0 Å². The normalized spacial score (nSPS) is 36.2. The van der Waals surface area contributed by atoms with Crippen molar-refractivity contribution in [3.63, 3.8) is 0 Å². The van der Waals surface area contributed by atoms with Gasteiger partial charge in [0.2, 0.25) is 0 Å². The summed E-state index contributed by atoms with van der Waals surface area (Å²) in [6, 6.07) is 0.446. The minimum Gasteiger partial charge on any atom is -0.342 e. The van der Waals surface area contributed by atoms with Crippen LogP contribution >= 0.6 is 0 Å². The van der Waals surface area contributed by atoms with Gasteiger partial charge in [0.05, 0.1) is 6.04 Å². The second-order valence-electron chi connectivity index (χ2n) is 3.97. The molecule has 0 spiro atoms. The molecule has 72 valence electrons. The number of carbonyl (C=O) groups is 1. The van der Waals surface area contributed by atoms with Gasteiger partial charge in [0, 0.05) is 0 Å². The molecule has 13 heavy (non-hydrogen) atoms. The van der Waals surface area contributed by atoms with Gasteiger partial charge in [-0.05, 0) is 26.2 Å². The fourth-order valence-corrected chi connectivity index (χ4v) is 1.29. The van der Waals surface area contributed by atoms with Crippen molar-refractivity contribution in [2.24, 2.45) is 4.99 Å². The van der Waals surface area contributed by atoms with E-state index in [9.17, 15) is 4.79 Å². The van der Waals surface area contributed by atoms with Crippen LogP contribution in [0.5, 0.6) is 0 Å². The van der Waals surface area contributed by atoms with Crippen molar-refractivity contribution in [2.75, 3.05) is 0 Å². The molecule has 1 saturated heterocycles. The zero-order chi connectivity index (χ0) is 9.47. The Morgan fingerprint density at radius 3 is 2.77 bits per heavy atom. The highest BCUT2D eigenvalue weighted by molar-refractivity contribution is 6.08. The lowest BCUT2D eigenvalue weighted by Gasteiger charge is -2.17. The summed E-state index contributed by atoms with van der Waals surface area (Å²) in [5, 5.41) is 5.89. The van der Waals surface area contributed by atoms with E-state index in [-0.39, 0.29) is 5.91 Å². The molecule has 4 nitrogen and oxygen atoms in total. The van der Waals surface area contributed by atoms with Gasteiger partial charge >= 0.3 is 0 Å². The van der Waals surface area contributed by atoms with E-state index in [1.807, 2.05) is 13.8 Å². The monoisotopic (exact) mass is 181 g/mol. The summed E-state index contributed by atoms with van der Waals surface area (Å²) >= 11 is 0. The van der Waals surface area contributed by atoms with Gasteiger partial charge in [0.15, 0.2) is 5.96 Å². The molecule has 1 heterocycles. The maximum Gasteiger partial charge on any atom is 0.252 e. The second-order valence-corrected chi connectivity index (χ2v) is 3.97. The molecule has 0 radical (unpaired) electrons. The quantitative estimate of drug-likeness (QED) is 0.647. The third-order valence-corrected chi connectivity index (χ3v) is 2.69. The van der Waals surface area contributed by atoms with Gasteiger partial charge in [-0.15, -0.1) is 0 Å². The number of nitrogens with one attached hydrogen (secondary N) is 2. The first-order chi connectivity index (χ1) is 6.14. The fourth-order valence-electron chi connectivity index (χ4n) is 1.29. The molecule has 0 aromatic heterocycles. The lowest BCUT2D eigenvalue weighted by atomic mass is 10.0. The maximum absolute atomic E-state index is 11.5. The average molecular weight is 181 g/mol. The van der Waals surface area contributed by atoms with E-state index in [0.717, 1.165) is 19.3 Å². The van der Waals surface area contributed by atoms with Crippen LogP contribution in [0.4, 0.5) is 0 Å². The number of aliphatic imine (C=N–C) groups is 1. The number of carbonyl (C=O) groups excluding carboxylic acids is 1. The summed E-state index contributed by atoms with van der Waals surface area (Å²) in [5.74, 6) is 0.700. The molecule has 1 saturated carbocycles. The predicted octanol–water partition coefficient (Wildman–Crippen LogP) is 0.393. The molecule has 1 atom stereocenters. The van der Waals surface area contributed by atoms with E-state index in [1.54, 1.807) is 0 Å². The summed E-state index contributed by atoms with van der Waals surface area (Å²) in [7, 11) is 0. The van der Waals surface area contributed by atoms with Crippen molar-refractivity contribution in [1.82, 2.24) is 10.6 Å². The van der Waals surface area contributed by atoms with Gasteiger partial charge in [-0.1, -0.05) is 6.92 Å². The Kier molecular flexibility index (Phi) is 1.78. The lowest BCUT2D eigenvalue weighted by Crippen LogP contribution is -2.42. The number of nitrogens with zero attached hydrogens (tertiary/aromatic N) is 1. The zero-order valence-electron chi connectivity index (χ0n) is 8.05. The standard InChI is InChI=1S/C9H15N3O/c1-3-9(2)7(13)11-8(12-9)10-6-4-5-6/h6H,3-5H2,1-2H3,(H2,10,11,12,13). The molecule has 4 heteroatoms. The summed E-state index contributed by atoms with van der Waals surface area (Å²) < 4.78 is 0. The zero-order valence-corrected chi connectivity index (χ0v) is 8.05. The van der Waals surface area contributed by atoms with Crippen LogP contribution in [0.3, 0.4) is 0 Å². The molecule has 1 unspecified atom stereocenters. The van der Waals surface area contributed by atoms with Crippen LogP contribution in [-0.2, 0) is 4.79 Å². The molecule has 0 bridgehead atoms. The van der Waals surface area contributed by atoms with Gasteiger partial charge in [-0.25, -0.2) is 4.99 Å². The molecule has 2 fully saturated rings. The summed E-state index contributed by atoms with van der Waals surface area (Å²) in [6.45, 7) is 3.89. The topological polar surface area (TPSA) is 53.5 Å². The minimum absolute atomic E-state index is 0.0365. The molecule has 2 N–H and O–H groups in total. The first kappa shape index (κ1) is 8.53. The lowest BCUT2D eigenvalue weighted by molar-refractivity contribution is -0.123. The van der Waals surface area contributed by atoms with Gasteiger partial charge in [-0.3, -0.25) is 10.1 Å². The third kappa shape index (κ3) is 1.53. The second kappa shape index (κ2) is 2.72. The highest BCUT2D eigenvalue weighted by Crippen LogP contribution is 2.24. The molecule has 1 aliphatic carbocycles. The van der Waals surface area contributed by atoms with Gasteiger partial charge in [-0.2, -0.15) is 0 Å². The number of hydrogen-bond acceptors (Lipinski definition) is 2. The third-order valence-electron chi connectivity index (χ3n) is 2.69. The Morgan fingerprint density at radius 2 is 2.31 bits per heavy atom. The van der Waals surface area contributed by atoms with Crippen LogP contribution in [0, 0.1) is 0 Å². The van der Waals surface area contributed by atoms with Crippen LogP contribution < -0.4 is 10.6 Å². The molecule has 1 amide bonds. The van der Waals surface area contributed by atoms with Crippen molar-refractivity contribution in [3.8, 4) is 0 Å². The van der Waals surface area contributed by atoms with Crippen molar-refractivity contribution in [3.05, 3.63) is 0 Å². The van der Waals surface area contributed by atoms with Crippen LogP contribution in [-0.4, -0.2) is 23.4 Å². The summed E-state index contributed by atoms with van der Waals surface area (Å²) in [4.78, 5) is 15.8. The van der Waals surface area contributed by atoms with E-state index in [4.69, 9.17) is 0 Å². The highest BCUT2D eigenvalue weighted by Gasteiger charge is 2.39. The maximum atomic E-state index is 11.5. The van der Waals surface area contributed by atoms with Gasteiger partial charge in [0.1, 0.15) is 5.54 Å². The first-order valence-corrected chi connectivity index (χ1v) is 4.81. The Hall–Kier alpha value is -1.06. The molecule has 0 aromatic rings. The van der Waals surface area contributed by atoms with Crippen LogP contribution in [0.15, 0.2) is 4.99 Å². The molecule has 0 aromatic carbocycles.